The topological polar surface area (TPSA) is 259 Å². The first kappa shape index (κ1) is 70.5. The number of methoxy groups -OCH3 is 2. The Balaban J connectivity index is 1.10. The number of carbonyl (C=O) groups is 9. The number of H-pyrrole nitrogens is 1. The molecule has 5 rings (SSSR count). The van der Waals surface area contributed by atoms with Gasteiger partial charge in [-0.25, -0.2) is 9.86 Å². The number of nitrogens with one attached hydrogen (secondary N) is 4. The molecule has 3 aliphatic rings. The van der Waals surface area contributed by atoms with Crippen LogP contribution in [0, 0.1) is 23.7 Å². The minimum atomic E-state index is -0.919. The highest BCUT2D eigenvalue weighted by Gasteiger charge is 2.44. The molecule has 3 aliphatic heterocycles. The Morgan fingerprint density at radius 1 is 0.824 bits per heavy atom. The van der Waals surface area contributed by atoms with Gasteiger partial charge in [0.15, 0.2) is 0 Å². The second-order valence-electron chi connectivity index (χ2n) is 23.5. The van der Waals surface area contributed by atoms with Crippen molar-refractivity contribution < 1.29 is 62.3 Å². The maximum Gasteiger partial charge on any atom is 0.334 e. The molecule has 476 valence electrons. The zero-order chi connectivity index (χ0) is 62.3. The van der Waals surface area contributed by atoms with Crippen LogP contribution in [-0.2, 0) is 68.7 Å². The molecule has 9 atom stereocenters. The third-order valence-electron chi connectivity index (χ3n) is 16.7. The summed E-state index contributed by atoms with van der Waals surface area (Å²) in [5.74, 6) is -3.35. The molecule has 0 saturated carbocycles. The summed E-state index contributed by atoms with van der Waals surface area (Å²) >= 11 is 0. The van der Waals surface area contributed by atoms with Crippen LogP contribution in [0.25, 0.3) is 10.9 Å². The highest BCUT2D eigenvalue weighted by molar-refractivity contribution is 8.76. The zero-order valence-corrected chi connectivity index (χ0v) is 53.8. The van der Waals surface area contributed by atoms with E-state index in [1.165, 1.54) is 26.7 Å². The van der Waals surface area contributed by atoms with Gasteiger partial charge in [-0.05, 0) is 81.5 Å². The van der Waals surface area contributed by atoms with E-state index < -0.39 is 66.1 Å². The Labute approximate surface area is 511 Å². The molecule has 0 radical (unpaired) electrons. The van der Waals surface area contributed by atoms with Crippen molar-refractivity contribution in [3.63, 3.8) is 0 Å². The molecule has 4 N–H and O–H groups in total. The molecule has 24 heteroatoms. The number of amides is 8. The lowest BCUT2D eigenvalue weighted by molar-refractivity contribution is -0.199. The predicted octanol–water partition coefficient (Wildman–Crippen LogP) is 6.21. The number of unbranched alkanes of at least 4 members (excludes halogenated alkanes) is 3. The van der Waals surface area contributed by atoms with Gasteiger partial charge in [0.2, 0.25) is 29.5 Å². The van der Waals surface area contributed by atoms with Gasteiger partial charge < -0.3 is 45.0 Å². The van der Waals surface area contributed by atoms with Crippen molar-refractivity contribution in [2.75, 3.05) is 72.6 Å². The summed E-state index contributed by atoms with van der Waals surface area (Å²) in [7, 11) is 9.62. The molecule has 0 bridgehead atoms. The molecule has 3 fully saturated rings. The van der Waals surface area contributed by atoms with Gasteiger partial charge in [-0.15, -0.1) is 5.06 Å². The van der Waals surface area contributed by atoms with Crippen molar-refractivity contribution >= 4 is 85.7 Å². The molecule has 1 aromatic heterocycles. The standard InChI is InChI=1S/C61H97N9O13S2/c1-12-41(6)56(48(80-10)37-52(74)68-31-21-24-47(68)57(81-11)42(7)58(76)64-46(60(78)69-32-19-20-33-82-69)36-43-38-63-45-23-16-15-22-44(43)45)67(9)61(79)54(39(2)3)65-59(77)55(40(4)5)66(8)30-18-14-13-17-29-62-49(71)27-34-84-85-35-28-53(75)83-70-50(72)25-26-51(70)73/h15-16,22-23,38-42,46-48,54-57,63H,12-14,17-21,24-37H2,1-11H3,(H,62,71)(H,64,76)(H,65,77)/t41?,42?,46?,47-,48?,54?,55?,56?,57?/m0/s1. The van der Waals surface area contributed by atoms with Gasteiger partial charge in [-0.1, -0.05) is 108 Å². The Morgan fingerprint density at radius 3 is 2.16 bits per heavy atom. The van der Waals surface area contributed by atoms with Gasteiger partial charge in [0, 0.05) is 95.2 Å². The number of hydrogen-bond acceptors (Lipinski definition) is 16. The number of imide groups is 1. The summed E-state index contributed by atoms with van der Waals surface area (Å²) in [5.41, 5.74) is 1.81. The lowest BCUT2D eigenvalue weighted by Gasteiger charge is -2.41. The Kier molecular flexibility index (Phi) is 29.5. The average Bonchev–Trinajstić information content (AvgIpc) is 3.31. The van der Waals surface area contributed by atoms with Gasteiger partial charge in [0.1, 0.15) is 12.1 Å². The fraction of sp³-hybridized carbons (Fsp3) is 0.721. The average molecular weight is 1230 g/mol. The van der Waals surface area contributed by atoms with E-state index in [1.807, 2.05) is 84.0 Å². The van der Waals surface area contributed by atoms with Gasteiger partial charge >= 0.3 is 5.97 Å². The SMILES string of the molecule is CCC(C)C(C(CC(=O)N1CCC[C@H]1C(OC)C(C)C(=O)NC(Cc1c[nH]c2ccccc12)C(=O)N1CCCCO1)OC)N(C)C(=O)C(NC(=O)C(C(C)C)N(C)CCCCCCNC(=O)CCSSCCC(=O)ON1C(=O)CCC1=O)C(C)C. The van der Waals surface area contributed by atoms with Gasteiger partial charge in [-0.3, -0.25) is 48.1 Å². The van der Waals surface area contributed by atoms with Crippen molar-refractivity contribution in [3.8, 4) is 0 Å². The number of rotatable bonds is 36. The van der Waals surface area contributed by atoms with Gasteiger partial charge in [0.05, 0.1) is 55.7 Å². The molecular weight excluding hydrogens is 1130 g/mol. The van der Waals surface area contributed by atoms with Crippen molar-refractivity contribution in [1.29, 1.82) is 0 Å². The van der Waals surface area contributed by atoms with E-state index in [0.717, 1.165) is 55.0 Å². The predicted molar refractivity (Wildman–Crippen MR) is 328 cm³/mol. The molecule has 2 aromatic rings. The van der Waals surface area contributed by atoms with Crippen LogP contribution >= 0.6 is 21.6 Å². The summed E-state index contributed by atoms with van der Waals surface area (Å²) in [6, 6.07) is 4.54. The maximum absolute atomic E-state index is 14.8. The van der Waals surface area contributed by atoms with Crippen LogP contribution in [0.4, 0.5) is 0 Å². The first-order valence-electron chi connectivity index (χ1n) is 30.6. The van der Waals surface area contributed by atoms with E-state index in [1.54, 1.807) is 38.0 Å². The summed E-state index contributed by atoms with van der Waals surface area (Å²) in [4.78, 5) is 139. The number of aromatic nitrogens is 1. The summed E-state index contributed by atoms with van der Waals surface area (Å²) in [6.45, 7) is 16.1. The quantitative estimate of drug-likeness (QED) is 0.0336. The Hall–Kier alpha value is -5.27. The van der Waals surface area contributed by atoms with Crippen LogP contribution in [-0.4, -0.2) is 198 Å². The lowest BCUT2D eigenvalue weighted by atomic mass is 9.89. The number of aromatic amines is 1. The number of para-hydroxylation sites is 1. The molecule has 8 amide bonds. The van der Waals surface area contributed by atoms with Crippen molar-refractivity contribution in [3.05, 3.63) is 36.0 Å². The molecule has 0 aliphatic carbocycles. The molecule has 22 nitrogen and oxygen atoms in total. The van der Waals surface area contributed by atoms with Crippen LogP contribution in [0.2, 0.25) is 0 Å². The Morgan fingerprint density at radius 2 is 1.52 bits per heavy atom. The summed E-state index contributed by atoms with van der Waals surface area (Å²) in [6.07, 6.45) is 8.15. The van der Waals surface area contributed by atoms with E-state index in [-0.39, 0.29) is 85.3 Å². The number of hydrogen-bond donors (Lipinski definition) is 4. The largest absolute Gasteiger partial charge is 0.379 e. The van der Waals surface area contributed by atoms with Crippen molar-refractivity contribution in [2.45, 2.75) is 187 Å². The van der Waals surface area contributed by atoms with E-state index >= 15 is 0 Å². The number of ether oxygens (including phenoxy) is 2. The smallest absolute Gasteiger partial charge is 0.334 e. The number of nitrogens with zero attached hydrogens (tertiary/aromatic N) is 5. The number of benzene rings is 1. The fourth-order valence-corrected chi connectivity index (χ4v) is 13.7. The van der Waals surface area contributed by atoms with Crippen LogP contribution in [0.5, 0.6) is 0 Å². The molecule has 85 heavy (non-hydrogen) atoms. The molecule has 8 unspecified atom stereocenters. The summed E-state index contributed by atoms with van der Waals surface area (Å²) in [5, 5.41) is 12.0. The number of carbonyl (C=O) groups excluding carboxylic acids is 9. The number of fused-ring (bicyclic) bond motifs is 1. The molecule has 0 spiro atoms. The maximum atomic E-state index is 14.8. The van der Waals surface area contributed by atoms with Crippen LogP contribution < -0.4 is 16.0 Å². The lowest BCUT2D eigenvalue weighted by Crippen LogP contribution is -2.60. The Bertz CT molecular complexity index is 2510. The monoisotopic (exact) mass is 1230 g/mol. The van der Waals surface area contributed by atoms with Crippen molar-refractivity contribution in [1.82, 2.24) is 45.8 Å². The molecule has 1 aromatic carbocycles. The van der Waals surface area contributed by atoms with E-state index in [4.69, 9.17) is 19.1 Å². The minimum absolute atomic E-state index is 0.0351. The number of hydroxylamine groups is 4. The van der Waals surface area contributed by atoms with Gasteiger partial charge in [0.25, 0.3) is 17.7 Å². The van der Waals surface area contributed by atoms with E-state index in [2.05, 4.69) is 20.9 Å². The van der Waals surface area contributed by atoms with Crippen molar-refractivity contribution in [2.24, 2.45) is 23.7 Å². The van der Waals surface area contributed by atoms with E-state index in [9.17, 15) is 43.2 Å². The first-order valence-corrected chi connectivity index (χ1v) is 33.1. The highest BCUT2D eigenvalue weighted by atomic mass is 33.1. The molecular formula is C61H97N9O13S2. The van der Waals surface area contributed by atoms with Crippen LogP contribution in [0.1, 0.15) is 144 Å². The molecule has 4 heterocycles. The zero-order valence-electron chi connectivity index (χ0n) is 52.2. The van der Waals surface area contributed by atoms with E-state index in [0.29, 0.717) is 75.0 Å². The fourth-order valence-electron chi connectivity index (χ4n) is 11.7. The van der Waals surface area contributed by atoms with Gasteiger partial charge in [-0.2, -0.15) is 0 Å². The first-order chi connectivity index (χ1) is 40.6. The van der Waals surface area contributed by atoms with Crippen LogP contribution in [0.3, 0.4) is 0 Å². The molecule has 3 saturated heterocycles. The third-order valence-corrected chi connectivity index (χ3v) is 19.1. The summed E-state index contributed by atoms with van der Waals surface area (Å²) < 4.78 is 12.3. The van der Waals surface area contributed by atoms with Crippen LogP contribution in [0.15, 0.2) is 30.5 Å². The highest BCUT2D eigenvalue weighted by Crippen LogP contribution is 2.31. The minimum Gasteiger partial charge on any atom is -0.379 e. The normalized spacial score (nSPS) is 18.5. The number of likely N-dealkylation sites (N-methyl/N-ethyl adjacent to an activating group) is 2. The second-order valence-corrected chi connectivity index (χ2v) is 26.2. The second kappa shape index (κ2) is 35.5. The number of likely N-dealkylation sites (tertiary alicyclic amines) is 1. The third kappa shape index (κ3) is 20.4.